The summed E-state index contributed by atoms with van der Waals surface area (Å²) >= 11 is 3.52. The minimum absolute atomic E-state index is 0.186. The summed E-state index contributed by atoms with van der Waals surface area (Å²) in [6.07, 6.45) is 0.997. The fraction of sp³-hybridized carbons (Fsp3) is 0.500. The van der Waals surface area contributed by atoms with E-state index < -0.39 is 0 Å². The first-order valence-electron chi connectivity index (χ1n) is 6.46. The highest BCUT2D eigenvalue weighted by molar-refractivity contribution is 7.11. The van der Waals surface area contributed by atoms with Crippen molar-refractivity contribution in [2.75, 3.05) is 20.3 Å². The molecule has 0 radical (unpaired) electrons. The predicted molar refractivity (Wildman–Crippen MR) is 82.3 cm³/mol. The molecule has 1 unspecified atom stereocenters. The van der Waals surface area contributed by atoms with Crippen LogP contribution in [0.2, 0.25) is 0 Å². The van der Waals surface area contributed by atoms with Crippen molar-refractivity contribution in [3.63, 3.8) is 0 Å². The van der Waals surface area contributed by atoms with Crippen molar-refractivity contribution in [1.29, 1.82) is 0 Å². The van der Waals surface area contributed by atoms with Crippen LogP contribution >= 0.6 is 22.7 Å². The standard InChI is InChI=1S/C14H20N2OS2/c1-4-12-10(2)19-14(16-12)13(15-6-7-17-3)11-5-8-18-9-11/h5,8-9,13,15H,4,6-7H2,1-3H3. The smallest absolute Gasteiger partial charge is 0.115 e. The summed E-state index contributed by atoms with van der Waals surface area (Å²) in [6.45, 7) is 5.85. The van der Waals surface area contributed by atoms with Gasteiger partial charge in [0.2, 0.25) is 0 Å². The Balaban J connectivity index is 2.20. The molecule has 3 nitrogen and oxygen atoms in total. The zero-order chi connectivity index (χ0) is 13.7. The van der Waals surface area contributed by atoms with Crippen molar-refractivity contribution in [1.82, 2.24) is 10.3 Å². The number of thiophene rings is 1. The highest BCUT2D eigenvalue weighted by Gasteiger charge is 2.19. The quantitative estimate of drug-likeness (QED) is 0.795. The van der Waals surface area contributed by atoms with Gasteiger partial charge in [-0.05, 0) is 35.7 Å². The first kappa shape index (κ1) is 14.7. The topological polar surface area (TPSA) is 34.2 Å². The highest BCUT2D eigenvalue weighted by atomic mass is 32.1. The first-order chi connectivity index (χ1) is 9.26. The summed E-state index contributed by atoms with van der Waals surface area (Å²) in [5.74, 6) is 0. The number of rotatable bonds is 7. The average Bonchev–Trinajstić information content (AvgIpc) is 3.04. The van der Waals surface area contributed by atoms with Gasteiger partial charge in [-0.3, -0.25) is 0 Å². The van der Waals surface area contributed by atoms with Crippen LogP contribution in [0.1, 0.15) is 34.1 Å². The van der Waals surface area contributed by atoms with E-state index in [1.807, 2.05) is 0 Å². The summed E-state index contributed by atoms with van der Waals surface area (Å²) in [4.78, 5) is 6.11. The Hall–Kier alpha value is -0.750. The lowest BCUT2D eigenvalue weighted by Crippen LogP contribution is -2.25. The first-order valence-corrected chi connectivity index (χ1v) is 8.22. The van der Waals surface area contributed by atoms with E-state index in [1.165, 1.54) is 16.1 Å². The van der Waals surface area contributed by atoms with E-state index in [4.69, 9.17) is 9.72 Å². The van der Waals surface area contributed by atoms with Gasteiger partial charge in [-0.25, -0.2) is 4.98 Å². The molecule has 0 amide bonds. The van der Waals surface area contributed by atoms with Crippen LogP contribution in [-0.4, -0.2) is 25.2 Å². The molecule has 0 saturated heterocycles. The van der Waals surface area contributed by atoms with Crippen LogP contribution in [0, 0.1) is 6.92 Å². The number of aromatic nitrogens is 1. The molecule has 0 saturated carbocycles. The summed E-state index contributed by atoms with van der Waals surface area (Å²) in [7, 11) is 1.73. The van der Waals surface area contributed by atoms with Gasteiger partial charge in [-0.15, -0.1) is 11.3 Å². The van der Waals surface area contributed by atoms with Crippen LogP contribution in [-0.2, 0) is 11.2 Å². The van der Waals surface area contributed by atoms with Crippen molar-refractivity contribution in [2.45, 2.75) is 26.3 Å². The number of aryl methyl sites for hydroxylation is 2. The molecule has 5 heteroatoms. The SMILES string of the molecule is CCc1nc(C(NCCOC)c2ccsc2)sc1C. The minimum Gasteiger partial charge on any atom is -0.383 e. The van der Waals surface area contributed by atoms with Crippen LogP contribution in [0.5, 0.6) is 0 Å². The normalized spacial score (nSPS) is 12.8. The van der Waals surface area contributed by atoms with E-state index >= 15 is 0 Å². The molecule has 104 valence electrons. The van der Waals surface area contributed by atoms with Crippen molar-refractivity contribution >= 4 is 22.7 Å². The molecule has 0 aromatic carbocycles. The number of hydrogen-bond acceptors (Lipinski definition) is 5. The largest absolute Gasteiger partial charge is 0.383 e. The van der Waals surface area contributed by atoms with Gasteiger partial charge in [0.05, 0.1) is 18.3 Å². The molecular weight excluding hydrogens is 276 g/mol. The summed E-state index contributed by atoms with van der Waals surface area (Å²) in [6, 6.07) is 2.35. The molecule has 0 aliphatic heterocycles. The van der Waals surface area contributed by atoms with Gasteiger partial charge < -0.3 is 10.1 Å². The van der Waals surface area contributed by atoms with Gasteiger partial charge in [0, 0.05) is 18.5 Å². The second-order valence-electron chi connectivity index (χ2n) is 4.35. The monoisotopic (exact) mass is 296 g/mol. The third kappa shape index (κ3) is 3.63. The number of methoxy groups -OCH3 is 1. The van der Waals surface area contributed by atoms with E-state index in [9.17, 15) is 0 Å². The lowest BCUT2D eigenvalue weighted by atomic mass is 10.1. The second-order valence-corrected chi connectivity index (χ2v) is 6.36. The van der Waals surface area contributed by atoms with Crippen molar-refractivity contribution in [2.24, 2.45) is 0 Å². The average molecular weight is 296 g/mol. The molecular formula is C14H20N2OS2. The fourth-order valence-electron chi connectivity index (χ4n) is 1.99. The molecule has 1 atom stereocenters. The molecule has 2 rings (SSSR count). The van der Waals surface area contributed by atoms with E-state index in [2.05, 4.69) is 36.0 Å². The van der Waals surface area contributed by atoms with Gasteiger partial charge in [-0.2, -0.15) is 11.3 Å². The van der Waals surface area contributed by atoms with Crippen LogP contribution in [0.4, 0.5) is 0 Å². The van der Waals surface area contributed by atoms with Crippen LogP contribution in [0.15, 0.2) is 16.8 Å². The molecule has 19 heavy (non-hydrogen) atoms. The second kappa shape index (κ2) is 7.14. The molecule has 2 aromatic rings. The van der Waals surface area contributed by atoms with Gasteiger partial charge in [0.15, 0.2) is 0 Å². The predicted octanol–water partition coefficient (Wildman–Crippen LogP) is 3.40. The fourth-order valence-corrected chi connectivity index (χ4v) is 3.79. The van der Waals surface area contributed by atoms with Gasteiger partial charge in [0.25, 0.3) is 0 Å². The molecule has 0 spiro atoms. The van der Waals surface area contributed by atoms with E-state index in [0.29, 0.717) is 6.61 Å². The number of thiazole rings is 1. The molecule has 1 N–H and O–H groups in total. The Bertz CT molecular complexity index is 494. The zero-order valence-corrected chi connectivity index (χ0v) is 13.2. The summed E-state index contributed by atoms with van der Waals surface area (Å²) in [5, 5.41) is 8.99. The van der Waals surface area contributed by atoms with Crippen LogP contribution in [0.25, 0.3) is 0 Å². The number of ether oxygens (including phenoxy) is 1. The van der Waals surface area contributed by atoms with Crippen molar-refractivity contribution in [3.8, 4) is 0 Å². The lowest BCUT2D eigenvalue weighted by Gasteiger charge is -2.15. The maximum absolute atomic E-state index is 5.12. The molecule has 2 heterocycles. The minimum atomic E-state index is 0.186. The Kier molecular flexibility index (Phi) is 5.51. The Morgan fingerprint density at radius 2 is 2.32 bits per heavy atom. The van der Waals surface area contributed by atoms with Gasteiger partial charge in [0.1, 0.15) is 5.01 Å². The maximum Gasteiger partial charge on any atom is 0.115 e. The van der Waals surface area contributed by atoms with Crippen molar-refractivity contribution in [3.05, 3.63) is 38.0 Å². The van der Waals surface area contributed by atoms with Gasteiger partial charge in [-0.1, -0.05) is 6.92 Å². The van der Waals surface area contributed by atoms with Gasteiger partial charge >= 0.3 is 0 Å². The molecule has 0 fully saturated rings. The van der Waals surface area contributed by atoms with Crippen molar-refractivity contribution < 1.29 is 4.74 Å². The Morgan fingerprint density at radius 1 is 1.47 bits per heavy atom. The highest BCUT2D eigenvalue weighted by Crippen LogP contribution is 2.29. The molecule has 0 aliphatic rings. The van der Waals surface area contributed by atoms with E-state index in [1.54, 1.807) is 29.8 Å². The number of nitrogens with zero attached hydrogens (tertiary/aromatic N) is 1. The summed E-state index contributed by atoms with van der Waals surface area (Å²) < 4.78 is 5.12. The number of hydrogen-bond donors (Lipinski definition) is 1. The Labute approximate surface area is 122 Å². The zero-order valence-electron chi connectivity index (χ0n) is 11.6. The van der Waals surface area contributed by atoms with Crippen LogP contribution < -0.4 is 5.32 Å². The third-order valence-corrected chi connectivity index (χ3v) is 4.80. The molecule has 0 bridgehead atoms. The molecule has 2 aromatic heterocycles. The lowest BCUT2D eigenvalue weighted by molar-refractivity contribution is 0.197. The van der Waals surface area contributed by atoms with E-state index in [-0.39, 0.29) is 6.04 Å². The third-order valence-electron chi connectivity index (χ3n) is 3.02. The Morgan fingerprint density at radius 3 is 2.89 bits per heavy atom. The van der Waals surface area contributed by atoms with Crippen LogP contribution in [0.3, 0.4) is 0 Å². The number of nitrogens with one attached hydrogen (secondary N) is 1. The maximum atomic E-state index is 5.12. The molecule has 0 aliphatic carbocycles. The van der Waals surface area contributed by atoms with E-state index in [0.717, 1.165) is 18.0 Å². The summed E-state index contributed by atoms with van der Waals surface area (Å²) in [5.41, 5.74) is 2.51.